The number of hydrogen-bond donors (Lipinski definition) is 2. The van der Waals surface area contributed by atoms with Crippen molar-refractivity contribution in [2.75, 3.05) is 38.0 Å². The molecule has 1 amide bonds. The minimum Gasteiger partial charge on any atom is -0.367 e. The van der Waals surface area contributed by atoms with Gasteiger partial charge in [0.2, 0.25) is 0 Å². The summed E-state index contributed by atoms with van der Waals surface area (Å²) in [5.74, 6) is 0.541. The van der Waals surface area contributed by atoms with Crippen LogP contribution in [0.1, 0.15) is 43.1 Å². The van der Waals surface area contributed by atoms with Gasteiger partial charge in [-0.15, -0.1) is 10.2 Å². The molecule has 0 spiro atoms. The zero-order valence-corrected chi connectivity index (χ0v) is 12.8. The summed E-state index contributed by atoms with van der Waals surface area (Å²) in [5, 5.41) is 14.0. The van der Waals surface area contributed by atoms with Crippen LogP contribution < -0.4 is 10.6 Å². The van der Waals surface area contributed by atoms with Gasteiger partial charge in [0.15, 0.2) is 5.69 Å². The van der Waals surface area contributed by atoms with Crippen LogP contribution in [0.5, 0.6) is 0 Å². The van der Waals surface area contributed by atoms with Crippen LogP contribution in [-0.4, -0.2) is 53.7 Å². The monoisotopic (exact) mass is 291 g/mol. The minimum atomic E-state index is -0.180. The lowest BCUT2D eigenvalue weighted by molar-refractivity contribution is 0.0950. The summed E-state index contributed by atoms with van der Waals surface area (Å²) in [6.07, 6.45) is 5.33. The van der Waals surface area contributed by atoms with Crippen molar-refractivity contribution >= 4 is 11.7 Å². The average Bonchev–Trinajstić information content (AvgIpc) is 2.77. The SMILES string of the molecule is CCNC(=O)c1ccc(NCCN2CCCCCC2)nn1. The fourth-order valence-corrected chi connectivity index (χ4v) is 2.50. The summed E-state index contributed by atoms with van der Waals surface area (Å²) < 4.78 is 0. The van der Waals surface area contributed by atoms with Gasteiger partial charge in [-0.25, -0.2) is 0 Å². The van der Waals surface area contributed by atoms with E-state index in [4.69, 9.17) is 0 Å². The van der Waals surface area contributed by atoms with Crippen molar-refractivity contribution in [3.8, 4) is 0 Å². The number of anilines is 1. The van der Waals surface area contributed by atoms with E-state index in [0.717, 1.165) is 18.9 Å². The fraction of sp³-hybridized carbons (Fsp3) is 0.667. The van der Waals surface area contributed by atoms with Crippen LogP contribution in [0.25, 0.3) is 0 Å². The molecule has 6 heteroatoms. The Morgan fingerprint density at radius 2 is 1.95 bits per heavy atom. The first-order valence-corrected chi connectivity index (χ1v) is 7.87. The van der Waals surface area contributed by atoms with Crippen LogP contribution in [0.4, 0.5) is 5.82 Å². The van der Waals surface area contributed by atoms with E-state index >= 15 is 0 Å². The zero-order valence-electron chi connectivity index (χ0n) is 12.8. The highest BCUT2D eigenvalue weighted by Gasteiger charge is 2.09. The van der Waals surface area contributed by atoms with Crippen LogP contribution in [0.3, 0.4) is 0 Å². The van der Waals surface area contributed by atoms with Gasteiger partial charge in [-0.3, -0.25) is 4.79 Å². The lowest BCUT2D eigenvalue weighted by Crippen LogP contribution is -2.30. The van der Waals surface area contributed by atoms with Gasteiger partial charge in [-0.05, 0) is 45.0 Å². The van der Waals surface area contributed by atoms with Gasteiger partial charge in [-0.2, -0.15) is 0 Å². The van der Waals surface area contributed by atoms with Crippen molar-refractivity contribution in [3.63, 3.8) is 0 Å². The number of amides is 1. The number of carbonyl (C=O) groups is 1. The number of carbonyl (C=O) groups excluding carboxylic acids is 1. The molecule has 2 rings (SSSR count). The second kappa shape index (κ2) is 8.56. The molecular weight excluding hydrogens is 266 g/mol. The van der Waals surface area contributed by atoms with Crippen molar-refractivity contribution in [1.82, 2.24) is 20.4 Å². The van der Waals surface area contributed by atoms with Gasteiger partial charge in [0.1, 0.15) is 5.82 Å². The lowest BCUT2D eigenvalue weighted by Gasteiger charge is -2.19. The molecule has 0 saturated carbocycles. The van der Waals surface area contributed by atoms with Gasteiger partial charge in [0.05, 0.1) is 0 Å². The fourth-order valence-electron chi connectivity index (χ4n) is 2.50. The van der Waals surface area contributed by atoms with E-state index in [2.05, 4.69) is 25.7 Å². The van der Waals surface area contributed by atoms with Gasteiger partial charge < -0.3 is 15.5 Å². The molecule has 1 aliphatic heterocycles. The number of hydrogen-bond acceptors (Lipinski definition) is 5. The Morgan fingerprint density at radius 3 is 2.57 bits per heavy atom. The van der Waals surface area contributed by atoms with Crippen LogP contribution in [0.15, 0.2) is 12.1 Å². The Balaban J connectivity index is 1.74. The normalized spacial score (nSPS) is 16.2. The first-order chi connectivity index (χ1) is 10.3. The molecule has 0 atom stereocenters. The lowest BCUT2D eigenvalue weighted by atomic mass is 10.2. The Labute approximate surface area is 126 Å². The third kappa shape index (κ3) is 5.30. The van der Waals surface area contributed by atoms with Crippen LogP contribution in [-0.2, 0) is 0 Å². The van der Waals surface area contributed by atoms with Crippen molar-refractivity contribution in [2.45, 2.75) is 32.6 Å². The Kier molecular flexibility index (Phi) is 6.40. The number of rotatable bonds is 6. The average molecular weight is 291 g/mol. The molecule has 1 aromatic heterocycles. The molecular formula is C15H25N5O. The van der Waals surface area contributed by atoms with E-state index in [1.54, 1.807) is 12.1 Å². The third-order valence-electron chi connectivity index (χ3n) is 3.67. The number of nitrogens with one attached hydrogen (secondary N) is 2. The summed E-state index contributed by atoms with van der Waals surface area (Å²) in [5.41, 5.74) is 0.356. The molecule has 0 aliphatic carbocycles. The largest absolute Gasteiger partial charge is 0.367 e. The molecule has 0 unspecified atom stereocenters. The standard InChI is InChI=1S/C15H25N5O/c1-2-16-15(21)13-7-8-14(19-18-13)17-9-12-20-10-5-3-4-6-11-20/h7-8H,2-6,9-12H2,1H3,(H,16,21)(H,17,19). The zero-order chi connectivity index (χ0) is 14.9. The molecule has 6 nitrogen and oxygen atoms in total. The molecule has 0 radical (unpaired) electrons. The van der Waals surface area contributed by atoms with E-state index in [1.165, 1.54) is 38.8 Å². The molecule has 1 aliphatic rings. The first kappa shape index (κ1) is 15.7. The number of nitrogens with zero attached hydrogens (tertiary/aromatic N) is 3. The quantitative estimate of drug-likeness (QED) is 0.831. The van der Waals surface area contributed by atoms with Crippen LogP contribution >= 0.6 is 0 Å². The van der Waals surface area contributed by atoms with E-state index in [0.29, 0.717) is 12.2 Å². The Morgan fingerprint density at radius 1 is 1.19 bits per heavy atom. The second-order valence-corrected chi connectivity index (χ2v) is 5.35. The highest BCUT2D eigenvalue weighted by Crippen LogP contribution is 2.09. The van der Waals surface area contributed by atoms with Crippen molar-refractivity contribution < 1.29 is 4.79 Å². The molecule has 1 fully saturated rings. The summed E-state index contributed by atoms with van der Waals surface area (Å²) in [4.78, 5) is 14.1. The molecule has 2 N–H and O–H groups in total. The van der Waals surface area contributed by atoms with Crippen LogP contribution in [0.2, 0.25) is 0 Å². The molecule has 1 saturated heterocycles. The van der Waals surface area contributed by atoms with Gasteiger partial charge in [0, 0.05) is 19.6 Å². The molecule has 0 aromatic carbocycles. The predicted molar refractivity (Wildman–Crippen MR) is 83.4 cm³/mol. The molecule has 116 valence electrons. The van der Waals surface area contributed by atoms with E-state index in [1.807, 2.05) is 6.92 Å². The van der Waals surface area contributed by atoms with Gasteiger partial charge >= 0.3 is 0 Å². The van der Waals surface area contributed by atoms with E-state index in [9.17, 15) is 4.79 Å². The summed E-state index contributed by atoms with van der Waals surface area (Å²) >= 11 is 0. The van der Waals surface area contributed by atoms with E-state index in [-0.39, 0.29) is 5.91 Å². The van der Waals surface area contributed by atoms with Gasteiger partial charge in [0.25, 0.3) is 5.91 Å². The summed E-state index contributed by atoms with van der Waals surface area (Å²) in [6, 6.07) is 3.51. The number of aromatic nitrogens is 2. The highest BCUT2D eigenvalue weighted by atomic mass is 16.1. The maximum absolute atomic E-state index is 11.6. The second-order valence-electron chi connectivity index (χ2n) is 5.35. The summed E-state index contributed by atoms with van der Waals surface area (Å²) in [7, 11) is 0. The maximum atomic E-state index is 11.6. The Hall–Kier alpha value is -1.69. The smallest absolute Gasteiger partial charge is 0.271 e. The molecule has 21 heavy (non-hydrogen) atoms. The van der Waals surface area contributed by atoms with Gasteiger partial charge in [-0.1, -0.05) is 12.8 Å². The van der Waals surface area contributed by atoms with E-state index < -0.39 is 0 Å². The molecule has 1 aromatic rings. The number of likely N-dealkylation sites (tertiary alicyclic amines) is 1. The Bertz CT molecular complexity index is 426. The van der Waals surface area contributed by atoms with Crippen molar-refractivity contribution in [1.29, 1.82) is 0 Å². The van der Waals surface area contributed by atoms with Crippen molar-refractivity contribution in [3.05, 3.63) is 17.8 Å². The highest BCUT2D eigenvalue weighted by molar-refractivity contribution is 5.92. The minimum absolute atomic E-state index is 0.180. The predicted octanol–water partition coefficient (Wildman–Crippen LogP) is 1.51. The maximum Gasteiger partial charge on any atom is 0.271 e. The summed E-state index contributed by atoms with van der Waals surface area (Å²) in [6.45, 7) is 6.75. The topological polar surface area (TPSA) is 70.2 Å². The molecule has 0 bridgehead atoms. The third-order valence-corrected chi connectivity index (χ3v) is 3.67. The molecule has 2 heterocycles. The van der Waals surface area contributed by atoms with Crippen LogP contribution in [0, 0.1) is 0 Å². The first-order valence-electron chi connectivity index (χ1n) is 7.87. The van der Waals surface area contributed by atoms with Crippen molar-refractivity contribution in [2.24, 2.45) is 0 Å².